The van der Waals surface area contributed by atoms with Crippen molar-refractivity contribution in [3.63, 3.8) is 0 Å². The number of rotatable bonds is 6. The normalized spacial score (nSPS) is 14.1. The zero-order valence-corrected chi connectivity index (χ0v) is 14.9. The molecule has 0 radical (unpaired) electrons. The van der Waals surface area contributed by atoms with E-state index in [1.54, 1.807) is 24.1 Å². The second kappa shape index (κ2) is 6.67. The number of hydrogen-bond acceptors (Lipinski definition) is 5. The molecule has 0 spiro atoms. The average Bonchev–Trinajstić information content (AvgIpc) is 3.27. The molecule has 0 aliphatic heterocycles. The van der Waals surface area contributed by atoms with Crippen LogP contribution >= 0.6 is 0 Å². The lowest BCUT2D eigenvalue weighted by Crippen LogP contribution is -2.38. The fourth-order valence-electron chi connectivity index (χ4n) is 2.90. The van der Waals surface area contributed by atoms with Crippen molar-refractivity contribution in [1.29, 1.82) is 0 Å². The molecular formula is C16H23N7O2. The van der Waals surface area contributed by atoms with Gasteiger partial charge in [0.15, 0.2) is 11.2 Å². The third-order valence-corrected chi connectivity index (χ3v) is 4.70. The van der Waals surface area contributed by atoms with Crippen molar-refractivity contribution in [2.24, 2.45) is 14.1 Å². The van der Waals surface area contributed by atoms with Gasteiger partial charge in [0, 0.05) is 45.6 Å². The van der Waals surface area contributed by atoms with E-state index >= 15 is 0 Å². The summed E-state index contributed by atoms with van der Waals surface area (Å²) in [6, 6.07) is 2.33. The standard InChI is InChI=1S/C16H23N7O2/c1-11(12(2)23-8-5-6-19-23)17-7-9-22-10-18-14-13(22)15(24)21(4)16(25)20(14)3/h5-6,8,10-12,17H,7,9H2,1-4H3/t11-,12-/m1/s1. The first kappa shape index (κ1) is 17.2. The maximum atomic E-state index is 12.4. The van der Waals surface area contributed by atoms with E-state index < -0.39 is 0 Å². The van der Waals surface area contributed by atoms with Crippen molar-refractivity contribution in [3.8, 4) is 0 Å². The average molecular weight is 345 g/mol. The fraction of sp³-hybridized carbons (Fsp3) is 0.500. The molecule has 25 heavy (non-hydrogen) atoms. The highest BCUT2D eigenvalue weighted by atomic mass is 16.2. The molecule has 0 saturated carbocycles. The summed E-state index contributed by atoms with van der Waals surface area (Å²) in [5.41, 5.74) is 0.154. The Morgan fingerprint density at radius 2 is 1.96 bits per heavy atom. The summed E-state index contributed by atoms with van der Waals surface area (Å²) in [4.78, 5) is 28.6. The lowest BCUT2D eigenvalue weighted by molar-refractivity contribution is 0.362. The van der Waals surface area contributed by atoms with Gasteiger partial charge in [-0.1, -0.05) is 0 Å². The quantitative estimate of drug-likeness (QED) is 0.672. The van der Waals surface area contributed by atoms with Crippen LogP contribution in [0.25, 0.3) is 11.2 Å². The first-order valence-corrected chi connectivity index (χ1v) is 8.25. The van der Waals surface area contributed by atoms with Gasteiger partial charge in [0.2, 0.25) is 0 Å². The predicted molar refractivity (Wildman–Crippen MR) is 94.6 cm³/mol. The Kier molecular flexibility index (Phi) is 4.58. The van der Waals surface area contributed by atoms with Gasteiger partial charge in [-0.3, -0.25) is 18.6 Å². The third-order valence-electron chi connectivity index (χ3n) is 4.70. The zero-order chi connectivity index (χ0) is 18.1. The molecule has 0 unspecified atom stereocenters. The van der Waals surface area contributed by atoms with Gasteiger partial charge in [-0.05, 0) is 19.9 Å². The molecule has 9 heteroatoms. The van der Waals surface area contributed by atoms with Crippen LogP contribution < -0.4 is 16.6 Å². The molecule has 2 atom stereocenters. The van der Waals surface area contributed by atoms with Crippen molar-refractivity contribution >= 4 is 11.2 Å². The van der Waals surface area contributed by atoms with Crippen LogP contribution in [-0.4, -0.2) is 41.1 Å². The maximum Gasteiger partial charge on any atom is 0.332 e. The Labute approximate surface area is 144 Å². The van der Waals surface area contributed by atoms with Crippen LogP contribution in [0.1, 0.15) is 19.9 Å². The van der Waals surface area contributed by atoms with Crippen LogP contribution in [0.15, 0.2) is 34.4 Å². The lowest BCUT2D eigenvalue weighted by atomic mass is 10.2. The molecular weight excluding hydrogens is 322 g/mol. The summed E-state index contributed by atoms with van der Waals surface area (Å²) in [5, 5.41) is 7.71. The Morgan fingerprint density at radius 3 is 2.64 bits per heavy atom. The number of fused-ring (bicyclic) bond motifs is 1. The minimum Gasteiger partial charge on any atom is -0.323 e. The molecule has 0 saturated heterocycles. The highest BCUT2D eigenvalue weighted by Crippen LogP contribution is 2.09. The van der Waals surface area contributed by atoms with Crippen molar-refractivity contribution in [2.45, 2.75) is 32.5 Å². The van der Waals surface area contributed by atoms with Crippen LogP contribution in [0.4, 0.5) is 0 Å². The zero-order valence-electron chi connectivity index (χ0n) is 14.9. The number of imidazole rings is 1. The van der Waals surface area contributed by atoms with Gasteiger partial charge in [0.25, 0.3) is 5.56 Å². The number of hydrogen-bond donors (Lipinski definition) is 1. The van der Waals surface area contributed by atoms with Gasteiger partial charge < -0.3 is 9.88 Å². The summed E-state index contributed by atoms with van der Waals surface area (Å²) >= 11 is 0. The molecule has 0 amide bonds. The van der Waals surface area contributed by atoms with Gasteiger partial charge in [-0.25, -0.2) is 9.78 Å². The first-order chi connectivity index (χ1) is 11.9. The first-order valence-electron chi connectivity index (χ1n) is 8.25. The second-order valence-electron chi connectivity index (χ2n) is 6.29. The highest BCUT2D eigenvalue weighted by molar-refractivity contribution is 5.69. The van der Waals surface area contributed by atoms with E-state index in [1.165, 1.54) is 11.6 Å². The Balaban J connectivity index is 1.74. The van der Waals surface area contributed by atoms with Crippen LogP contribution in [0, 0.1) is 0 Å². The predicted octanol–water partition coefficient (Wildman–Crippen LogP) is -0.130. The molecule has 0 aliphatic rings. The van der Waals surface area contributed by atoms with Gasteiger partial charge in [0.05, 0.1) is 12.4 Å². The van der Waals surface area contributed by atoms with Gasteiger partial charge >= 0.3 is 5.69 Å². The molecule has 3 aromatic rings. The van der Waals surface area contributed by atoms with Crippen LogP contribution in [0.3, 0.4) is 0 Å². The van der Waals surface area contributed by atoms with Crippen LogP contribution in [-0.2, 0) is 20.6 Å². The second-order valence-corrected chi connectivity index (χ2v) is 6.29. The van der Waals surface area contributed by atoms with Crippen molar-refractivity contribution < 1.29 is 0 Å². The number of nitrogens with zero attached hydrogens (tertiary/aromatic N) is 6. The molecule has 3 heterocycles. The smallest absolute Gasteiger partial charge is 0.323 e. The molecule has 1 N–H and O–H groups in total. The van der Waals surface area contributed by atoms with Gasteiger partial charge in [-0.2, -0.15) is 5.10 Å². The third kappa shape index (κ3) is 3.02. The van der Waals surface area contributed by atoms with E-state index in [4.69, 9.17) is 0 Å². The minimum atomic E-state index is -0.373. The van der Waals surface area contributed by atoms with Crippen molar-refractivity contribution in [2.75, 3.05) is 6.54 Å². The highest BCUT2D eigenvalue weighted by Gasteiger charge is 2.16. The molecule has 0 bridgehead atoms. The number of nitrogens with one attached hydrogen (secondary N) is 1. The summed E-state index contributed by atoms with van der Waals surface area (Å²) in [6.07, 6.45) is 5.31. The van der Waals surface area contributed by atoms with Crippen LogP contribution in [0.2, 0.25) is 0 Å². The fourth-order valence-corrected chi connectivity index (χ4v) is 2.90. The van der Waals surface area contributed by atoms with Gasteiger partial charge in [-0.15, -0.1) is 0 Å². The van der Waals surface area contributed by atoms with Crippen LogP contribution in [0.5, 0.6) is 0 Å². The Morgan fingerprint density at radius 1 is 1.20 bits per heavy atom. The van der Waals surface area contributed by atoms with E-state index in [1.807, 2.05) is 16.9 Å². The molecule has 134 valence electrons. The van der Waals surface area contributed by atoms with E-state index in [9.17, 15) is 9.59 Å². The van der Waals surface area contributed by atoms with E-state index in [-0.39, 0.29) is 23.3 Å². The molecule has 3 rings (SSSR count). The summed E-state index contributed by atoms with van der Waals surface area (Å²) in [5.74, 6) is 0. The lowest BCUT2D eigenvalue weighted by Gasteiger charge is -2.22. The number of aromatic nitrogens is 6. The molecule has 0 aromatic carbocycles. The maximum absolute atomic E-state index is 12.4. The Bertz CT molecular complexity index is 980. The van der Waals surface area contributed by atoms with Crippen molar-refractivity contribution in [3.05, 3.63) is 45.6 Å². The van der Waals surface area contributed by atoms with Crippen molar-refractivity contribution in [1.82, 2.24) is 33.8 Å². The SMILES string of the molecule is C[C@H]([C@@H](C)NCCn1cnc2c1c(=O)n(C)c(=O)n2C)n1cccn1. The molecule has 9 nitrogen and oxygen atoms in total. The molecule has 0 fully saturated rings. The monoisotopic (exact) mass is 345 g/mol. The number of aryl methyl sites for hydroxylation is 1. The van der Waals surface area contributed by atoms with Gasteiger partial charge in [0.1, 0.15) is 0 Å². The largest absolute Gasteiger partial charge is 0.332 e. The van der Waals surface area contributed by atoms with E-state index in [2.05, 4.69) is 29.2 Å². The topological polar surface area (TPSA) is 91.7 Å². The molecule has 3 aromatic heterocycles. The van der Waals surface area contributed by atoms with E-state index in [0.29, 0.717) is 24.3 Å². The van der Waals surface area contributed by atoms with E-state index in [0.717, 1.165) is 4.57 Å². The summed E-state index contributed by atoms with van der Waals surface area (Å²) < 4.78 is 6.20. The summed E-state index contributed by atoms with van der Waals surface area (Å²) in [6.45, 7) is 5.45. The summed E-state index contributed by atoms with van der Waals surface area (Å²) in [7, 11) is 3.10. The molecule has 0 aliphatic carbocycles. The minimum absolute atomic E-state index is 0.210. The Hall–Kier alpha value is -2.68.